The van der Waals surface area contributed by atoms with Crippen molar-refractivity contribution in [3.05, 3.63) is 18.5 Å². The first-order valence-corrected chi connectivity index (χ1v) is 7.07. The van der Waals surface area contributed by atoms with E-state index in [4.69, 9.17) is 0 Å². The third kappa shape index (κ3) is 4.10. The molecule has 1 fully saturated rings. The quantitative estimate of drug-likeness (QED) is 0.485. The first-order chi connectivity index (χ1) is 7.95. The first kappa shape index (κ1) is 11.9. The molecule has 0 atom stereocenters. The lowest BCUT2D eigenvalue weighted by molar-refractivity contribution is 0.381. The Bertz CT molecular complexity index is 286. The van der Waals surface area contributed by atoms with E-state index in [9.17, 15) is 0 Å². The van der Waals surface area contributed by atoms with Crippen LogP contribution < -0.4 is 5.32 Å². The molecule has 3 nitrogen and oxygen atoms in total. The maximum Gasteiger partial charge on any atom is 0.187 e. The predicted molar refractivity (Wildman–Crippen MR) is 67.6 cm³/mol. The van der Waals surface area contributed by atoms with Gasteiger partial charge in [-0.25, -0.2) is 9.97 Å². The van der Waals surface area contributed by atoms with Crippen molar-refractivity contribution >= 4 is 11.8 Å². The maximum atomic E-state index is 4.19. The summed E-state index contributed by atoms with van der Waals surface area (Å²) in [7, 11) is 0. The highest BCUT2D eigenvalue weighted by molar-refractivity contribution is 7.99. The Morgan fingerprint density at radius 3 is 2.69 bits per heavy atom. The standard InChI is InChI=1S/C12H19N3S/c1-2-5-11(6-3-1)13-9-10-16-12-14-7-4-8-15-12/h4,7-8,11,13H,1-3,5-6,9-10H2. The number of rotatable bonds is 5. The summed E-state index contributed by atoms with van der Waals surface area (Å²) >= 11 is 1.72. The minimum Gasteiger partial charge on any atom is -0.313 e. The summed E-state index contributed by atoms with van der Waals surface area (Å²) in [4.78, 5) is 8.37. The van der Waals surface area contributed by atoms with Crippen molar-refractivity contribution in [3.8, 4) is 0 Å². The molecule has 16 heavy (non-hydrogen) atoms. The Labute approximate surface area is 101 Å². The van der Waals surface area contributed by atoms with Gasteiger partial charge in [0.05, 0.1) is 0 Å². The van der Waals surface area contributed by atoms with Crippen molar-refractivity contribution in [2.45, 2.75) is 43.3 Å². The van der Waals surface area contributed by atoms with Gasteiger partial charge in [0.1, 0.15) is 0 Å². The summed E-state index contributed by atoms with van der Waals surface area (Å²) in [6.45, 7) is 1.06. The van der Waals surface area contributed by atoms with Gasteiger partial charge in [0.15, 0.2) is 5.16 Å². The topological polar surface area (TPSA) is 37.8 Å². The normalized spacial score (nSPS) is 17.5. The van der Waals surface area contributed by atoms with Crippen molar-refractivity contribution in [2.24, 2.45) is 0 Å². The first-order valence-electron chi connectivity index (χ1n) is 6.08. The molecule has 4 heteroatoms. The van der Waals surface area contributed by atoms with E-state index in [-0.39, 0.29) is 0 Å². The summed E-state index contributed by atoms with van der Waals surface area (Å²) in [5.41, 5.74) is 0. The zero-order valence-electron chi connectivity index (χ0n) is 9.56. The average Bonchev–Trinajstić information content (AvgIpc) is 2.37. The number of hydrogen-bond donors (Lipinski definition) is 1. The molecule has 0 radical (unpaired) electrons. The van der Waals surface area contributed by atoms with Gasteiger partial charge in [-0.3, -0.25) is 0 Å². The molecule has 0 aromatic carbocycles. The van der Waals surface area contributed by atoms with Crippen LogP contribution in [0.5, 0.6) is 0 Å². The summed E-state index contributed by atoms with van der Waals surface area (Å²) in [6, 6.07) is 2.61. The Balaban J connectivity index is 1.58. The fourth-order valence-electron chi connectivity index (χ4n) is 2.07. The van der Waals surface area contributed by atoms with E-state index in [1.165, 1.54) is 32.1 Å². The van der Waals surface area contributed by atoms with Crippen molar-refractivity contribution < 1.29 is 0 Å². The minimum atomic E-state index is 0.756. The minimum absolute atomic E-state index is 0.756. The lowest BCUT2D eigenvalue weighted by Gasteiger charge is -2.22. The van der Waals surface area contributed by atoms with Gasteiger partial charge in [0.25, 0.3) is 0 Å². The van der Waals surface area contributed by atoms with Gasteiger partial charge in [0, 0.05) is 30.7 Å². The predicted octanol–water partition coefficient (Wildman–Crippen LogP) is 2.49. The second-order valence-electron chi connectivity index (χ2n) is 4.17. The van der Waals surface area contributed by atoms with Crippen LogP contribution in [0.15, 0.2) is 23.6 Å². The van der Waals surface area contributed by atoms with Crippen molar-refractivity contribution in [2.75, 3.05) is 12.3 Å². The molecule has 2 rings (SSSR count). The zero-order chi connectivity index (χ0) is 11.1. The van der Waals surface area contributed by atoms with Gasteiger partial charge in [-0.05, 0) is 18.9 Å². The highest BCUT2D eigenvalue weighted by Gasteiger charge is 2.11. The van der Waals surface area contributed by atoms with Crippen LogP contribution in [0.25, 0.3) is 0 Å². The van der Waals surface area contributed by atoms with Gasteiger partial charge < -0.3 is 5.32 Å². The summed E-state index contributed by atoms with van der Waals surface area (Å²) in [5, 5.41) is 4.50. The van der Waals surface area contributed by atoms with Crippen LogP contribution >= 0.6 is 11.8 Å². The average molecular weight is 237 g/mol. The Kier molecular flexibility index (Phi) is 5.09. The molecular weight excluding hydrogens is 218 g/mol. The summed E-state index contributed by atoms with van der Waals surface area (Å²) < 4.78 is 0. The maximum absolute atomic E-state index is 4.19. The van der Waals surface area contributed by atoms with E-state index in [0.717, 1.165) is 23.5 Å². The molecule has 1 aromatic heterocycles. The van der Waals surface area contributed by atoms with Crippen LogP contribution in [0.3, 0.4) is 0 Å². The highest BCUT2D eigenvalue weighted by Crippen LogP contribution is 2.17. The Hall–Kier alpha value is -0.610. The SMILES string of the molecule is c1cnc(SCCNC2CCCCC2)nc1. The van der Waals surface area contributed by atoms with Crippen LogP contribution in [-0.2, 0) is 0 Å². The number of thioether (sulfide) groups is 1. The molecule has 1 N–H and O–H groups in total. The van der Waals surface area contributed by atoms with Crippen molar-refractivity contribution in [1.29, 1.82) is 0 Å². The molecular formula is C12H19N3S. The summed E-state index contributed by atoms with van der Waals surface area (Å²) in [6.07, 6.45) is 10.5. The molecule has 88 valence electrons. The number of aromatic nitrogens is 2. The summed E-state index contributed by atoms with van der Waals surface area (Å²) in [5.74, 6) is 1.06. The number of nitrogens with one attached hydrogen (secondary N) is 1. The molecule has 0 aliphatic heterocycles. The lowest BCUT2D eigenvalue weighted by atomic mass is 9.96. The van der Waals surface area contributed by atoms with Crippen LogP contribution in [0.4, 0.5) is 0 Å². The van der Waals surface area contributed by atoms with E-state index in [1.807, 2.05) is 6.07 Å². The third-order valence-corrected chi connectivity index (χ3v) is 3.79. The Morgan fingerprint density at radius 2 is 1.94 bits per heavy atom. The third-order valence-electron chi connectivity index (χ3n) is 2.91. The largest absolute Gasteiger partial charge is 0.313 e. The highest BCUT2D eigenvalue weighted by atomic mass is 32.2. The van der Waals surface area contributed by atoms with Gasteiger partial charge >= 0.3 is 0 Å². The second kappa shape index (κ2) is 6.86. The van der Waals surface area contributed by atoms with Gasteiger partial charge in [0.2, 0.25) is 0 Å². The zero-order valence-corrected chi connectivity index (χ0v) is 10.4. The molecule has 1 aromatic rings. The molecule has 0 bridgehead atoms. The monoisotopic (exact) mass is 237 g/mol. The fraction of sp³-hybridized carbons (Fsp3) is 0.667. The van der Waals surface area contributed by atoms with Crippen LogP contribution in [0.2, 0.25) is 0 Å². The van der Waals surface area contributed by atoms with Gasteiger partial charge in [-0.15, -0.1) is 0 Å². The number of nitrogens with zero attached hydrogens (tertiary/aromatic N) is 2. The fourth-order valence-corrected chi connectivity index (χ4v) is 2.75. The lowest BCUT2D eigenvalue weighted by Crippen LogP contribution is -2.32. The molecule has 1 aliphatic carbocycles. The molecule has 1 saturated carbocycles. The van der Waals surface area contributed by atoms with E-state index in [2.05, 4.69) is 15.3 Å². The number of hydrogen-bond acceptors (Lipinski definition) is 4. The van der Waals surface area contributed by atoms with Crippen molar-refractivity contribution in [1.82, 2.24) is 15.3 Å². The van der Waals surface area contributed by atoms with Crippen LogP contribution in [0.1, 0.15) is 32.1 Å². The molecule has 1 aliphatic rings. The van der Waals surface area contributed by atoms with Gasteiger partial charge in [-0.1, -0.05) is 31.0 Å². The van der Waals surface area contributed by atoms with Crippen molar-refractivity contribution in [3.63, 3.8) is 0 Å². The molecule has 0 unspecified atom stereocenters. The van der Waals surface area contributed by atoms with E-state index in [1.54, 1.807) is 24.2 Å². The Morgan fingerprint density at radius 1 is 1.19 bits per heavy atom. The van der Waals surface area contributed by atoms with Crippen LogP contribution in [0, 0.1) is 0 Å². The van der Waals surface area contributed by atoms with Gasteiger partial charge in [-0.2, -0.15) is 0 Å². The molecule has 0 saturated heterocycles. The smallest absolute Gasteiger partial charge is 0.187 e. The van der Waals surface area contributed by atoms with E-state index in [0.29, 0.717) is 0 Å². The second-order valence-corrected chi connectivity index (χ2v) is 5.23. The van der Waals surface area contributed by atoms with Crippen LogP contribution in [-0.4, -0.2) is 28.3 Å². The van der Waals surface area contributed by atoms with E-state index >= 15 is 0 Å². The van der Waals surface area contributed by atoms with E-state index < -0.39 is 0 Å². The molecule has 0 spiro atoms. The molecule has 0 amide bonds. The molecule has 1 heterocycles.